The van der Waals surface area contributed by atoms with Crippen molar-refractivity contribution < 1.29 is 9.15 Å². The van der Waals surface area contributed by atoms with Gasteiger partial charge in [-0.2, -0.15) is 5.10 Å². The van der Waals surface area contributed by atoms with Crippen molar-refractivity contribution in [3.63, 3.8) is 0 Å². The van der Waals surface area contributed by atoms with Crippen molar-refractivity contribution in [1.29, 1.82) is 0 Å². The lowest BCUT2D eigenvalue weighted by Gasteiger charge is -2.02. The molecule has 2 heterocycles. The fourth-order valence-electron chi connectivity index (χ4n) is 1.07. The van der Waals surface area contributed by atoms with Crippen LogP contribution in [0, 0.1) is 0 Å². The number of nitrogens with two attached hydrogens (primary N) is 1. The Morgan fingerprint density at radius 2 is 2.20 bits per heavy atom. The first-order chi connectivity index (χ1) is 7.38. The summed E-state index contributed by atoms with van der Waals surface area (Å²) in [5.41, 5.74) is 6.13. The van der Waals surface area contributed by atoms with E-state index in [2.05, 4.69) is 10.2 Å². The van der Waals surface area contributed by atoms with Crippen LogP contribution in [0.15, 0.2) is 34.9 Å². The molecule has 2 aromatic rings. The first kappa shape index (κ1) is 9.67. The van der Waals surface area contributed by atoms with Crippen LogP contribution >= 0.6 is 0 Å². The number of hydrogen-bond donors (Lipinski definition) is 1. The van der Waals surface area contributed by atoms with Gasteiger partial charge in [-0.25, -0.2) is 0 Å². The van der Waals surface area contributed by atoms with Gasteiger partial charge in [-0.15, -0.1) is 5.10 Å². The third kappa shape index (κ3) is 2.54. The van der Waals surface area contributed by atoms with E-state index in [0.29, 0.717) is 19.0 Å². The standard InChI is InChI=1S/C10H11N3O2/c11-6-8-3-4-10(13-12-8)15-7-9-2-1-5-14-9/h1-5H,6-7,11H2. The first-order valence-electron chi connectivity index (χ1n) is 4.56. The molecule has 0 fully saturated rings. The highest BCUT2D eigenvalue weighted by Gasteiger charge is 1.99. The predicted octanol–water partition coefficient (Wildman–Crippen LogP) is 1.11. The number of nitrogens with zero attached hydrogens (tertiary/aromatic N) is 2. The Morgan fingerprint density at radius 1 is 1.27 bits per heavy atom. The number of aromatic nitrogens is 2. The van der Waals surface area contributed by atoms with Crippen molar-refractivity contribution in [2.24, 2.45) is 5.73 Å². The molecule has 0 atom stereocenters. The molecule has 0 spiro atoms. The normalized spacial score (nSPS) is 10.2. The van der Waals surface area contributed by atoms with E-state index in [9.17, 15) is 0 Å². The second kappa shape index (κ2) is 4.56. The molecule has 0 saturated carbocycles. The van der Waals surface area contributed by atoms with E-state index in [1.165, 1.54) is 0 Å². The molecular weight excluding hydrogens is 194 g/mol. The van der Waals surface area contributed by atoms with Gasteiger partial charge in [0.05, 0.1) is 12.0 Å². The average Bonchev–Trinajstić information content (AvgIpc) is 2.80. The van der Waals surface area contributed by atoms with Crippen molar-refractivity contribution in [2.75, 3.05) is 0 Å². The predicted molar refractivity (Wildman–Crippen MR) is 53.0 cm³/mol. The van der Waals surface area contributed by atoms with Gasteiger partial charge in [-0.1, -0.05) is 0 Å². The van der Waals surface area contributed by atoms with Gasteiger partial charge in [0.2, 0.25) is 5.88 Å². The Balaban J connectivity index is 1.93. The van der Waals surface area contributed by atoms with Gasteiger partial charge >= 0.3 is 0 Å². The molecule has 0 amide bonds. The molecular formula is C10H11N3O2. The van der Waals surface area contributed by atoms with Crippen LogP contribution < -0.4 is 10.5 Å². The van der Waals surface area contributed by atoms with Crippen molar-refractivity contribution >= 4 is 0 Å². The molecule has 2 rings (SSSR count). The van der Waals surface area contributed by atoms with Crippen molar-refractivity contribution in [3.05, 3.63) is 42.0 Å². The maximum atomic E-state index is 5.39. The van der Waals surface area contributed by atoms with Crippen LogP contribution in [0.4, 0.5) is 0 Å². The van der Waals surface area contributed by atoms with Gasteiger partial charge < -0.3 is 14.9 Å². The van der Waals surface area contributed by atoms with Crippen LogP contribution in [0.1, 0.15) is 11.5 Å². The lowest BCUT2D eigenvalue weighted by atomic mass is 10.4. The van der Waals surface area contributed by atoms with Gasteiger partial charge in [0.15, 0.2) is 0 Å². The Bertz CT molecular complexity index is 397. The van der Waals surface area contributed by atoms with Crippen LogP contribution in [0.2, 0.25) is 0 Å². The third-order valence-electron chi connectivity index (χ3n) is 1.85. The zero-order chi connectivity index (χ0) is 10.5. The van der Waals surface area contributed by atoms with Crippen LogP contribution in [-0.4, -0.2) is 10.2 Å². The minimum absolute atomic E-state index is 0.351. The highest BCUT2D eigenvalue weighted by atomic mass is 16.5. The topological polar surface area (TPSA) is 74.2 Å². The second-order valence-electron chi connectivity index (χ2n) is 2.94. The Labute approximate surface area is 86.9 Å². The molecule has 0 aliphatic rings. The van der Waals surface area contributed by atoms with E-state index in [0.717, 1.165) is 11.5 Å². The summed E-state index contributed by atoms with van der Waals surface area (Å²) in [6.07, 6.45) is 1.60. The molecule has 78 valence electrons. The van der Waals surface area contributed by atoms with Crippen LogP contribution in [0.5, 0.6) is 5.88 Å². The molecule has 0 radical (unpaired) electrons. The SMILES string of the molecule is NCc1ccc(OCc2ccco2)nn1. The molecule has 2 N–H and O–H groups in total. The van der Waals surface area contributed by atoms with Crippen LogP contribution in [-0.2, 0) is 13.2 Å². The minimum Gasteiger partial charge on any atom is -0.468 e. The summed E-state index contributed by atoms with van der Waals surface area (Å²) in [6, 6.07) is 7.16. The summed E-state index contributed by atoms with van der Waals surface area (Å²) in [5, 5.41) is 7.72. The van der Waals surface area contributed by atoms with E-state index in [-0.39, 0.29) is 0 Å². The average molecular weight is 205 g/mol. The molecule has 5 nitrogen and oxygen atoms in total. The van der Waals surface area contributed by atoms with E-state index < -0.39 is 0 Å². The molecule has 0 unspecified atom stereocenters. The summed E-state index contributed by atoms with van der Waals surface area (Å²) in [7, 11) is 0. The second-order valence-corrected chi connectivity index (χ2v) is 2.94. The van der Waals surface area contributed by atoms with Crippen molar-refractivity contribution in [2.45, 2.75) is 13.2 Å². The maximum absolute atomic E-state index is 5.39. The fourth-order valence-corrected chi connectivity index (χ4v) is 1.07. The smallest absolute Gasteiger partial charge is 0.233 e. The lowest BCUT2D eigenvalue weighted by molar-refractivity contribution is 0.257. The van der Waals surface area contributed by atoms with Crippen molar-refractivity contribution in [3.8, 4) is 5.88 Å². The molecule has 0 aromatic carbocycles. The number of hydrogen-bond acceptors (Lipinski definition) is 5. The summed E-state index contributed by atoms with van der Waals surface area (Å²) in [4.78, 5) is 0. The van der Waals surface area contributed by atoms with Gasteiger partial charge in [-0.3, -0.25) is 0 Å². The summed E-state index contributed by atoms with van der Waals surface area (Å²) in [5.74, 6) is 1.21. The Hall–Kier alpha value is -1.88. The monoisotopic (exact) mass is 205 g/mol. The molecule has 0 saturated heterocycles. The zero-order valence-corrected chi connectivity index (χ0v) is 8.09. The van der Waals surface area contributed by atoms with Crippen molar-refractivity contribution in [1.82, 2.24) is 10.2 Å². The molecule has 5 heteroatoms. The molecule has 0 aliphatic heterocycles. The highest BCUT2D eigenvalue weighted by Crippen LogP contribution is 2.08. The molecule has 0 aliphatic carbocycles. The van der Waals surface area contributed by atoms with Gasteiger partial charge in [0.1, 0.15) is 12.4 Å². The summed E-state index contributed by atoms with van der Waals surface area (Å²) >= 11 is 0. The van der Waals surface area contributed by atoms with E-state index in [4.69, 9.17) is 14.9 Å². The Kier molecular flexibility index (Phi) is 2.94. The van der Waals surface area contributed by atoms with Crippen LogP contribution in [0.3, 0.4) is 0 Å². The van der Waals surface area contributed by atoms with Gasteiger partial charge in [0, 0.05) is 12.6 Å². The molecule has 2 aromatic heterocycles. The summed E-state index contributed by atoms with van der Waals surface area (Å²) in [6.45, 7) is 0.731. The molecule has 15 heavy (non-hydrogen) atoms. The fraction of sp³-hybridized carbons (Fsp3) is 0.200. The zero-order valence-electron chi connectivity index (χ0n) is 8.09. The highest BCUT2D eigenvalue weighted by molar-refractivity contribution is 5.11. The Morgan fingerprint density at radius 3 is 2.80 bits per heavy atom. The van der Waals surface area contributed by atoms with E-state index in [1.54, 1.807) is 18.4 Å². The number of furan rings is 1. The molecule has 0 bridgehead atoms. The quantitative estimate of drug-likeness (QED) is 0.809. The third-order valence-corrected chi connectivity index (χ3v) is 1.85. The van der Waals surface area contributed by atoms with Gasteiger partial charge in [-0.05, 0) is 18.2 Å². The van der Waals surface area contributed by atoms with Crippen LogP contribution in [0.25, 0.3) is 0 Å². The lowest BCUT2D eigenvalue weighted by Crippen LogP contribution is -2.02. The van der Waals surface area contributed by atoms with E-state index >= 15 is 0 Å². The minimum atomic E-state index is 0.351. The summed E-state index contributed by atoms with van der Waals surface area (Å²) < 4.78 is 10.4. The largest absolute Gasteiger partial charge is 0.468 e. The van der Waals surface area contributed by atoms with E-state index in [1.807, 2.05) is 12.1 Å². The number of rotatable bonds is 4. The van der Waals surface area contributed by atoms with Gasteiger partial charge in [0.25, 0.3) is 0 Å². The maximum Gasteiger partial charge on any atom is 0.233 e. The first-order valence-corrected chi connectivity index (χ1v) is 4.56. The number of ether oxygens (including phenoxy) is 1.